The number of hydrogen-bond acceptors (Lipinski definition) is 3. The Morgan fingerprint density at radius 3 is 2.04 bits per heavy atom. The molecule has 4 nitrogen and oxygen atoms in total. The van der Waals surface area contributed by atoms with Crippen molar-refractivity contribution in [3.8, 4) is 5.75 Å². The molecule has 0 aliphatic carbocycles. The average molecular weight is 399 g/mol. The fourth-order valence-corrected chi connectivity index (χ4v) is 3.80. The second-order valence-corrected chi connectivity index (χ2v) is 8.97. The van der Waals surface area contributed by atoms with E-state index in [2.05, 4.69) is 26.0 Å². The van der Waals surface area contributed by atoms with Crippen LogP contribution in [-0.4, -0.2) is 25.3 Å². The normalized spacial score (nSPS) is 11.7. The van der Waals surface area contributed by atoms with E-state index in [1.54, 1.807) is 0 Å². The molecule has 0 saturated heterocycles. The lowest BCUT2D eigenvalue weighted by atomic mass is 9.96. The Labute approximate surface area is 166 Å². The van der Waals surface area contributed by atoms with Crippen molar-refractivity contribution in [3.63, 3.8) is 0 Å². The smallest absolute Gasteiger partial charge is 0.264 e. The molecule has 0 radical (unpaired) electrons. The second kappa shape index (κ2) is 14.0. The number of benzene rings is 1. The van der Waals surface area contributed by atoms with Gasteiger partial charge >= 0.3 is 0 Å². The van der Waals surface area contributed by atoms with Crippen LogP contribution < -0.4 is 4.74 Å². The minimum absolute atomic E-state index is 0.199. The third-order valence-electron chi connectivity index (χ3n) is 4.84. The summed E-state index contributed by atoms with van der Waals surface area (Å²) < 4.78 is 36.0. The Hall–Kier alpha value is -1.07. The Balaban J connectivity index is 2.56. The maximum absolute atomic E-state index is 10.7. The van der Waals surface area contributed by atoms with Crippen LogP contribution in [0.4, 0.5) is 0 Å². The zero-order valence-corrected chi connectivity index (χ0v) is 18.0. The van der Waals surface area contributed by atoms with E-state index in [0.29, 0.717) is 19.4 Å². The van der Waals surface area contributed by atoms with Gasteiger partial charge in [-0.05, 0) is 61.8 Å². The Morgan fingerprint density at radius 2 is 1.44 bits per heavy atom. The summed E-state index contributed by atoms with van der Waals surface area (Å²) in [4.78, 5) is 0. The van der Waals surface area contributed by atoms with E-state index >= 15 is 0 Å². The monoisotopic (exact) mass is 398 g/mol. The first-order chi connectivity index (χ1) is 13.0. The third kappa shape index (κ3) is 12.1. The molecule has 0 saturated carbocycles. The van der Waals surface area contributed by atoms with Crippen LogP contribution in [0.25, 0.3) is 0 Å². The predicted molar refractivity (Wildman–Crippen MR) is 113 cm³/mol. The van der Waals surface area contributed by atoms with Gasteiger partial charge in [0.05, 0.1) is 12.4 Å². The van der Waals surface area contributed by atoms with E-state index in [4.69, 9.17) is 9.29 Å². The highest BCUT2D eigenvalue weighted by Crippen LogP contribution is 2.23. The van der Waals surface area contributed by atoms with Gasteiger partial charge in [0.2, 0.25) is 0 Å². The molecule has 0 amide bonds. The molecule has 0 aliphatic heterocycles. The highest BCUT2D eigenvalue weighted by molar-refractivity contribution is 7.85. The van der Waals surface area contributed by atoms with Gasteiger partial charge in [-0.15, -0.1) is 0 Å². The molecule has 0 unspecified atom stereocenters. The van der Waals surface area contributed by atoms with Crippen molar-refractivity contribution in [2.75, 3.05) is 12.4 Å². The van der Waals surface area contributed by atoms with Crippen LogP contribution in [0.5, 0.6) is 5.75 Å². The summed E-state index contributed by atoms with van der Waals surface area (Å²) in [7, 11) is -3.87. The topological polar surface area (TPSA) is 63.6 Å². The Morgan fingerprint density at radius 1 is 0.815 bits per heavy atom. The predicted octanol–water partition coefficient (Wildman–Crippen LogP) is 5.98. The van der Waals surface area contributed by atoms with E-state index in [1.165, 1.54) is 62.5 Å². The molecule has 0 atom stereocenters. The lowest BCUT2D eigenvalue weighted by molar-refractivity contribution is 0.308. The lowest BCUT2D eigenvalue weighted by Gasteiger charge is -2.13. The highest BCUT2D eigenvalue weighted by Gasteiger charge is 2.07. The molecule has 0 bridgehead atoms. The highest BCUT2D eigenvalue weighted by atomic mass is 32.2. The van der Waals surface area contributed by atoms with E-state index < -0.39 is 10.1 Å². The molecule has 0 aliphatic rings. The van der Waals surface area contributed by atoms with Crippen LogP contribution in [-0.2, 0) is 23.0 Å². The molecule has 156 valence electrons. The molecule has 0 heterocycles. The van der Waals surface area contributed by atoms with Gasteiger partial charge in [-0.3, -0.25) is 4.55 Å². The fourth-order valence-electron chi connectivity index (χ4n) is 3.23. The average Bonchev–Trinajstić information content (AvgIpc) is 2.62. The molecule has 1 aromatic rings. The fraction of sp³-hybridized carbons (Fsp3) is 0.727. The molecule has 1 rings (SSSR count). The van der Waals surface area contributed by atoms with Crippen LogP contribution >= 0.6 is 0 Å². The lowest BCUT2D eigenvalue weighted by Crippen LogP contribution is -2.06. The van der Waals surface area contributed by atoms with Crippen molar-refractivity contribution in [2.24, 2.45) is 0 Å². The number of hydrogen-bond donors (Lipinski definition) is 1. The van der Waals surface area contributed by atoms with Gasteiger partial charge in [0.1, 0.15) is 5.75 Å². The van der Waals surface area contributed by atoms with Gasteiger partial charge < -0.3 is 4.74 Å². The zero-order chi connectivity index (χ0) is 20.0. The largest absolute Gasteiger partial charge is 0.494 e. The number of rotatable bonds is 16. The summed E-state index contributed by atoms with van der Waals surface area (Å²) in [5.74, 6) is 0.667. The third-order valence-corrected chi connectivity index (χ3v) is 5.65. The molecule has 5 heteroatoms. The summed E-state index contributed by atoms with van der Waals surface area (Å²) in [5, 5.41) is 0. The van der Waals surface area contributed by atoms with Crippen molar-refractivity contribution >= 4 is 10.1 Å². The quantitative estimate of drug-likeness (QED) is 0.275. The van der Waals surface area contributed by atoms with E-state index in [9.17, 15) is 8.42 Å². The van der Waals surface area contributed by atoms with Crippen molar-refractivity contribution < 1.29 is 17.7 Å². The number of unbranched alkanes of at least 4 members (excludes halogenated alkanes) is 7. The van der Waals surface area contributed by atoms with E-state index in [1.807, 2.05) is 6.07 Å². The minimum atomic E-state index is -3.87. The number of aryl methyl sites for hydroxylation is 2. The van der Waals surface area contributed by atoms with Gasteiger partial charge in [-0.1, -0.05) is 58.4 Å². The van der Waals surface area contributed by atoms with E-state index in [0.717, 1.165) is 18.6 Å². The first-order valence-electron chi connectivity index (χ1n) is 10.7. The maximum atomic E-state index is 10.7. The van der Waals surface area contributed by atoms with Crippen molar-refractivity contribution in [1.29, 1.82) is 0 Å². The maximum Gasteiger partial charge on any atom is 0.264 e. The summed E-state index contributed by atoms with van der Waals surface area (Å²) in [6, 6.07) is 6.41. The molecule has 1 aromatic carbocycles. The van der Waals surface area contributed by atoms with Gasteiger partial charge in [-0.2, -0.15) is 8.42 Å². The van der Waals surface area contributed by atoms with Crippen molar-refractivity contribution in [2.45, 2.75) is 90.9 Å². The zero-order valence-electron chi connectivity index (χ0n) is 17.2. The first-order valence-corrected chi connectivity index (χ1v) is 12.3. The standard InChI is InChI=1S/C22H38O4S/c1-3-5-7-9-13-20-15-16-22(19-21(20)14-10-8-6-4-2)26-17-11-12-18-27(23,24)25/h15-16,19H,3-14,17-18H2,1-2H3,(H,23,24,25). The van der Waals surface area contributed by atoms with Crippen LogP contribution in [0.1, 0.15) is 89.2 Å². The second-order valence-electron chi connectivity index (χ2n) is 7.39. The molecule has 0 aromatic heterocycles. The van der Waals surface area contributed by atoms with Crippen LogP contribution in [0.15, 0.2) is 18.2 Å². The molecular formula is C22H38O4S. The van der Waals surface area contributed by atoms with Gasteiger partial charge in [0.15, 0.2) is 0 Å². The van der Waals surface area contributed by atoms with Crippen molar-refractivity contribution in [1.82, 2.24) is 0 Å². The Kier molecular flexibility index (Phi) is 12.4. The van der Waals surface area contributed by atoms with Crippen LogP contribution in [0.2, 0.25) is 0 Å². The molecule has 27 heavy (non-hydrogen) atoms. The minimum Gasteiger partial charge on any atom is -0.494 e. The summed E-state index contributed by atoms with van der Waals surface area (Å²) in [6.07, 6.45) is 13.4. The van der Waals surface area contributed by atoms with Crippen LogP contribution in [0.3, 0.4) is 0 Å². The molecular weight excluding hydrogens is 360 g/mol. The van der Waals surface area contributed by atoms with Gasteiger partial charge in [0.25, 0.3) is 10.1 Å². The molecule has 1 N–H and O–H groups in total. The van der Waals surface area contributed by atoms with Gasteiger partial charge in [0, 0.05) is 0 Å². The summed E-state index contributed by atoms with van der Waals surface area (Å²) in [5.41, 5.74) is 2.85. The Bertz CT molecular complexity index is 611. The van der Waals surface area contributed by atoms with E-state index in [-0.39, 0.29) is 5.75 Å². The summed E-state index contributed by atoms with van der Waals surface area (Å²) in [6.45, 7) is 4.94. The van der Waals surface area contributed by atoms with Gasteiger partial charge in [-0.25, -0.2) is 0 Å². The summed E-state index contributed by atoms with van der Waals surface area (Å²) >= 11 is 0. The first kappa shape index (κ1) is 24.0. The molecule has 0 fully saturated rings. The van der Waals surface area contributed by atoms with Crippen molar-refractivity contribution in [3.05, 3.63) is 29.3 Å². The molecule has 0 spiro atoms. The van der Waals surface area contributed by atoms with Crippen LogP contribution in [0, 0.1) is 0 Å². The number of ether oxygens (including phenoxy) is 1. The SMILES string of the molecule is CCCCCCc1ccc(OCCCCS(=O)(=O)O)cc1CCCCCC.